The molecule has 0 aromatic rings. The van der Waals surface area contributed by atoms with Gasteiger partial charge in [0, 0.05) is 12.5 Å². The molecule has 0 saturated carbocycles. The number of amides is 1. The third-order valence-electron chi connectivity index (χ3n) is 3.04. The fourth-order valence-corrected chi connectivity index (χ4v) is 1.82. The summed E-state index contributed by atoms with van der Waals surface area (Å²) in [7, 11) is 0. The fraction of sp³-hybridized carbons (Fsp3) is 0.667. The third kappa shape index (κ3) is 4.37. The molecule has 0 bridgehead atoms. The highest BCUT2D eigenvalue weighted by atomic mass is 16.4. The molecule has 1 heterocycles. The Kier molecular flexibility index (Phi) is 5.64. The lowest BCUT2D eigenvalue weighted by molar-refractivity contribution is -0.138. The van der Waals surface area contributed by atoms with Gasteiger partial charge in [0.2, 0.25) is 5.91 Å². The van der Waals surface area contributed by atoms with Gasteiger partial charge in [-0.2, -0.15) is 0 Å². The molecule has 5 N–H and O–H groups in total. The Labute approximate surface area is 107 Å². The summed E-state index contributed by atoms with van der Waals surface area (Å²) in [5.74, 6) is -0.797. The second-order valence-corrected chi connectivity index (χ2v) is 4.59. The van der Waals surface area contributed by atoms with Gasteiger partial charge in [-0.1, -0.05) is 13.0 Å². The predicted molar refractivity (Wildman–Crippen MR) is 67.7 cm³/mol. The molecule has 3 atom stereocenters. The van der Waals surface area contributed by atoms with Gasteiger partial charge in [0.1, 0.15) is 12.1 Å². The van der Waals surface area contributed by atoms with E-state index in [0.717, 1.165) is 6.42 Å². The van der Waals surface area contributed by atoms with Gasteiger partial charge in [0.05, 0.1) is 0 Å². The molecule has 0 aliphatic carbocycles. The smallest absolute Gasteiger partial charge is 0.320 e. The van der Waals surface area contributed by atoms with Gasteiger partial charge in [-0.05, 0) is 25.5 Å². The monoisotopic (exact) mass is 255 g/mol. The van der Waals surface area contributed by atoms with Crippen LogP contribution in [0.2, 0.25) is 0 Å². The first kappa shape index (κ1) is 14.5. The summed E-state index contributed by atoms with van der Waals surface area (Å²) in [5.41, 5.74) is 5.37. The van der Waals surface area contributed by atoms with E-state index >= 15 is 0 Å². The predicted octanol–water partition coefficient (Wildman–Crippen LogP) is -0.194. The van der Waals surface area contributed by atoms with Crippen molar-refractivity contribution >= 4 is 11.9 Å². The number of nitrogens with two attached hydrogens (primary N) is 1. The van der Waals surface area contributed by atoms with Gasteiger partial charge in [-0.15, -0.1) is 0 Å². The summed E-state index contributed by atoms with van der Waals surface area (Å²) >= 11 is 0. The third-order valence-corrected chi connectivity index (χ3v) is 3.04. The highest BCUT2D eigenvalue weighted by Gasteiger charge is 2.24. The minimum absolute atomic E-state index is 0.0185. The molecular weight excluding hydrogens is 234 g/mol. The second kappa shape index (κ2) is 7.00. The van der Waals surface area contributed by atoms with E-state index in [9.17, 15) is 9.59 Å². The number of hydrogen-bond acceptors (Lipinski definition) is 4. The maximum absolute atomic E-state index is 11.7. The summed E-state index contributed by atoms with van der Waals surface area (Å²) < 4.78 is 0. The first-order valence-corrected chi connectivity index (χ1v) is 6.21. The number of carboxylic acids is 1. The summed E-state index contributed by atoms with van der Waals surface area (Å²) in [5, 5.41) is 14.4. The zero-order chi connectivity index (χ0) is 13.5. The van der Waals surface area contributed by atoms with E-state index in [1.54, 1.807) is 6.20 Å². The Morgan fingerprint density at radius 1 is 1.50 bits per heavy atom. The van der Waals surface area contributed by atoms with Crippen molar-refractivity contribution in [1.29, 1.82) is 0 Å². The second-order valence-electron chi connectivity index (χ2n) is 4.59. The summed E-state index contributed by atoms with van der Waals surface area (Å²) in [6, 6.07) is -0.993. The van der Waals surface area contributed by atoms with Crippen molar-refractivity contribution in [1.82, 2.24) is 10.6 Å². The van der Waals surface area contributed by atoms with Crippen molar-refractivity contribution in [2.24, 2.45) is 11.7 Å². The van der Waals surface area contributed by atoms with E-state index in [1.807, 2.05) is 13.0 Å². The standard InChI is InChI=1S/C12H21N3O3/c1-8-5-7-14-10(8)11(16)15-6-3-2-4-9(13)12(17)18/h5,7-10,14H,2-4,6,13H2,1H3,(H,15,16)(H,17,18)/t8-,9+,10-/m1/s1. The van der Waals surface area contributed by atoms with Crippen molar-refractivity contribution in [2.45, 2.75) is 38.3 Å². The average molecular weight is 255 g/mol. The van der Waals surface area contributed by atoms with Gasteiger partial charge >= 0.3 is 5.97 Å². The molecule has 6 nitrogen and oxygen atoms in total. The largest absolute Gasteiger partial charge is 0.480 e. The lowest BCUT2D eigenvalue weighted by Gasteiger charge is -2.16. The average Bonchev–Trinajstić information content (AvgIpc) is 2.74. The van der Waals surface area contributed by atoms with Crippen LogP contribution < -0.4 is 16.4 Å². The van der Waals surface area contributed by atoms with Gasteiger partial charge in [0.25, 0.3) is 0 Å². The van der Waals surface area contributed by atoms with Gasteiger partial charge in [-0.3, -0.25) is 9.59 Å². The summed E-state index contributed by atoms with van der Waals surface area (Å²) in [6.07, 6.45) is 5.61. The molecule has 1 aliphatic rings. The van der Waals surface area contributed by atoms with Gasteiger partial charge < -0.3 is 21.5 Å². The fourth-order valence-electron chi connectivity index (χ4n) is 1.82. The zero-order valence-electron chi connectivity index (χ0n) is 10.6. The maximum Gasteiger partial charge on any atom is 0.320 e. The number of nitrogens with one attached hydrogen (secondary N) is 2. The van der Waals surface area contributed by atoms with E-state index < -0.39 is 12.0 Å². The molecule has 0 radical (unpaired) electrons. The molecule has 6 heteroatoms. The van der Waals surface area contributed by atoms with Crippen LogP contribution in [-0.4, -0.2) is 35.6 Å². The minimum atomic E-state index is -0.978. The van der Waals surface area contributed by atoms with Crippen LogP contribution in [0.1, 0.15) is 26.2 Å². The van der Waals surface area contributed by atoms with E-state index in [-0.39, 0.29) is 17.9 Å². The van der Waals surface area contributed by atoms with Gasteiger partial charge in [0.15, 0.2) is 0 Å². The van der Waals surface area contributed by atoms with Crippen molar-refractivity contribution in [3.05, 3.63) is 12.3 Å². The number of carbonyl (C=O) groups is 2. The normalized spacial score (nSPS) is 23.4. The molecule has 0 spiro atoms. The Bertz CT molecular complexity index is 331. The summed E-state index contributed by atoms with van der Waals surface area (Å²) in [4.78, 5) is 22.2. The number of hydrogen-bond donors (Lipinski definition) is 4. The molecule has 18 heavy (non-hydrogen) atoms. The zero-order valence-corrected chi connectivity index (χ0v) is 10.6. The molecule has 102 valence electrons. The van der Waals surface area contributed by atoms with Crippen LogP contribution in [0, 0.1) is 5.92 Å². The molecule has 0 aromatic heterocycles. The van der Waals surface area contributed by atoms with Crippen molar-refractivity contribution < 1.29 is 14.7 Å². The molecule has 0 saturated heterocycles. The van der Waals surface area contributed by atoms with Crippen molar-refractivity contribution in [2.75, 3.05) is 6.54 Å². The van der Waals surface area contributed by atoms with Crippen LogP contribution in [0.25, 0.3) is 0 Å². The van der Waals surface area contributed by atoms with Crippen LogP contribution in [0.3, 0.4) is 0 Å². The van der Waals surface area contributed by atoms with Crippen LogP contribution in [0.5, 0.6) is 0 Å². The Morgan fingerprint density at radius 3 is 2.78 bits per heavy atom. The SMILES string of the molecule is C[C@@H]1C=CN[C@H]1C(=O)NCCCC[C@H](N)C(=O)O. The van der Waals surface area contributed by atoms with E-state index in [0.29, 0.717) is 19.4 Å². The van der Waals surface area contributed by atoms with E-state index in [1.165, 1.54) is 0 Å². The Morgan fingerprint density at radius 2 is 2.22 bits per heavy atom. The first-order chi connectivity index (χ1) is 8.52. The number of aliphatic carboxylic acids is 1. The number of carbonyl (C=O) groups excluding carboxylic acids is 1. The molecule has 1 amide bonds. The first-order valence-electron chi connectivity index (χ1n) is 6.21. The molecule has 1 rings (SSSR count). The van der Waals surface area contributed by atoms with Crippen LogP contribution in [-0.2, 0) is 9.59 Å². The number of carboxylic acid groups (broad SMARTS) is 1. The lowest BCUT2D eigenvalue weighted by atomic mass is 10.0. The van der Waals surface area contributed by atoms with E-state index in [2.05, 4.69) is 10.6 Å². The van der Waals surface area contributed by atoms with Gasteiger partial charge in [-0.25, -0.2) is 0 Å². The molecule has 0 fully saturated rings. The highest BCUT2D eigenvalue weighted by molar-refractivity contribution is 5.82. The Hall–Kier alpha value is -1.56. The Balaban J connectivity index is 2.08. The van der Waals surface area contributed by atoms with Crippen LogP contribution in [0.15, 0.2) is 12.3 Å². The number of rotatable bonds is 7. The van der Waals surface area contributed by atoms with Crippen molar-refractivity contribution in [3.8, 4) is 0 Å². The number of unbranched alkanes of at least 4 members (excludes halogenated alkanes) is 1. The molecule has 0 unspecified atom stereocenters. The topological polar surface area (TPSA) is 104 Å². The van der Waals surface area contributed by atoms with Crippen LogP contribution >= 0.6 is 0 Å². The van der Waals surface area contributed by atoms with Crippen LogP contribution in [0.4, 0.5) is 0 Å². The van der Waals surface area contributed by atoms with E-state index in [4.69, 9.17) is 10.8 Å². The quantitative estimate of drug-likeness (QED) is 0.472. The summed E-state index contributed by atoms with van der Waals surface area (Å²) in [6.45, 7) is 2.53. The maximum atomic E-state index is 11.7. The highest BCUT2D eigenvalue weighted by Crippen LogP contribution is 2.10. The lowest BCUT2D eigenvalue weighted by Crippen LogP contribution is -2.43. The molecular formula is C12H21N3O3. The minimum Gasteiger partial charge on any atom is -0.480 e. The molecule has 1 aliphatic heterocycles. The van der Waals surface area contributed by atoms with Crippen molar-refractivity contribution in [3.63, 3.8) is 0 Å². The molecule has 0 aromatic carbocycles.